The summed E-state index contributed by atoms with van der Waals surface area (Å²) in [4.78, 5) is 12.1. The van der Waals surface area contributed by atoms with E-state index in [1.54, 1.807) is 12.1 Å². The average Bonchev–Trinajstić information content (AvgIpc) is 3.29. The summed E-state index contributed by atoms with van der Waals surface area (Å²) in [7, 11) is 0. The van der Waals surface area contributed by atoms with Gasteiger partial charge in [-0.05, 0) is 54.3 Å². The Morgan fingerprint density at radius 1 is 1.04 bits per heavy atom. The summed E-state index contributed by atoms with van der Waals surface area (Å²) in [5.74, 6) is -1.08. The van der Waals surface area contributed by atoms with E-state index in [4.69, 9.17) is 0 Å². The molecule has 2 aromatic rings. The number of alkyl halides is 3. The molecule has 0 saturated heterocycles. The molecule has 3 nitrogen and oxygen atoms in total. The Labute approximate surface area is 135 Å². The Morgan fingerprint density at radius 3 is 2.25 bits per heavy atom. The summed E-state index contributed by atoms with van der Waals surface area (Å²) in [5, 5.41) is 2.66. The Bertz CT molecular complexity index is 726. The highest BCUT2D eigenvalue weighted by Gasteiger charge is 2.43. The monoisotopic (exact) mass is 339 g/mol. The molecule has 2 aromatic carbocycles. The van der Waals surface area contributed by atoms with Crippen LogP contribution in [0.5, 0.6) is 5.75 Å². The maximum Gasteiger partial charge on any atom is 0.573 e. The van der Waals surface area contributed by atoms with E-state index in [1.807, 2.05) is 0 Å². The lowest BCUT2D eigenvalue weighted by Gasteiger charge is -2.10. The molecule has 2 atom stereocenters. The number of amides is 1. The number of hydrogen-bond donors (Lipinski definition) is 1. The molecular formula is C17H13F4NO2. The summed E-state index contributed by atoms with van der Waals surface area (Å²) < 4.78 is 52.9. The van der Waals surface area contributed by atoms with Gasteiger partial charge in [-0.25, -0.2) is 4.39 Å². The Hall–Kier alpha value is -2.57. The van der Waals surface area contributed by atoms with Crippen molar-refractivity contribution in [2.75, 3.05) is 5.32 Å². The van der Waals surface area contributed by atoms with Crippen molar-refractivity contribution in [3.05, 3.63) is 59.9 Å². The molecule has 0 bridgehead atoms. The second-order valence-corrected chi connectivity index (χ2v) is 5.56. The lowest BCUT2D eigenvalue weighted by Crippen LogP contribution is -2.17. The molecule has 24 heavy (non-hydrogen) atoms. The largest absolute Gasteiger partial charge is 0.573 e. The molecule has 0 radical (unpaired) electrons. The molecule has 0 heterocycles. The maximum atomic E-state index is 12.9. The summed E-state index contributed by atoms with van der Waals surface area (Å²) in [6.45, 7) is 0. The average molecular weight is 339 g/mol. The van der Waals surface area contributed by atoms with Gasteiger partial charge in [0.25, 0.3) is 0 Å². The van der Waals surface area contributed by atoms with E-state index < -0.39 is 6.36 Å². The zero-order valence-electron chi connectivity index (χ0n) is 12.3. The van der Waals surface area contributed by atoms with E-state index in [2.05, 4.69) is 10.1 Å². The fourth-order valence-electron chi connectivity index (χ4n) is 2.54. The summed E-state index contributed by atoms with van der Waals surface area (Å²) in [5.41, 5.74) is 1.28. The number of halogens is 4. The van der Waals surface area contributed by atoms with E-state index >= 15 is 0 Å². The molecule has 1 aliphatic carbocycles. The summed E-state index contributed by atoms with van der Waals surface area (Å²) in [6.07, 6.45) is -4.09. The van der Waals surface area contributed by atoms with E-state index in [0.717, 1.165) is 17.7 Å². The molecule has 2 unspecified atom stereocenters. The van der Waals surface area contributed by atoms with Crippen LogP contribution in [-0.2, 0) is 4.79 Å². The topological polar surface area (TPSA) is 38.3 Å². The molecule has 7 heteroatoms. The van der Waals surface area contributed by atoms with Crippen LogP contribution >= 0.6 is 0 Å². The summed E-state index contributed by atoms with van der Waals surface area (Å²) in [6, 6.07) is 10.9. The van der Waals surface area contributed by atoms with Crippen LogP contribution in [0.3, 0.4) is 0 Å². The smallest absolute Gasteiger partial charge is 0.406 e. The normalized spacial score (nSPS) is 19.7. The number of rotatable bonds is 4. The predicted octanol–water partition coefficient (Wildman–Crippen LogP) is 4.47. The van der Waals surface area contributed by atoms with Crippen molar-refractivity contribution in [2.45, 2.75) is 18.7 Å². The standard InChI is InChI=1S/C17H13F4NO2/c18-11-3-1-10(2-4-11)14-9-15(14)16(23)22-12-5-7-13(8-6-12)24-17(19,20)21/h1-8,14-15H,9H2,(H,22,23). The van der Waals surface area contributed by atoms with Crippen LogP contribution in [0, 0.1) is 11.7 Å². The zero-order valence-corrected chi connectivity index (χ0v) is 12.3. The maximum absolute atomic E-state index is 12.9. The van der Waals surface area contributed by atoms with Gasteiger partial charge in [0.2, 0.25) is 5.91 Å². The number of nitrogens with one attached hydrogen (secondary N) is 1. The number of hydrogen-bond acceptors (Lipinski definition) is 2. The molecule has 126 valence electrons. The number of carbonyl (C=O) groups excluding carboxylic acids is 1. The minimum Gasteiger partial charge on any atom is -0.406 e. The fraction of sp³-hybridized carbons (Fsp3) is 0.235. The van der Waals surface area contributed by atoms with Gasteiger partial charge in [-0.1, -0.05) is 12.1 Å². The fourth-order valence-corrected chi connectivity index (χ4v) is 2.54. The van der Waals surface area contributed by atoms with Gasteiger partial charge in [-0.2, -0.15) is 0 Å². The highest BCUT2D eigenvalue weighted by atomic mass is 19.4. The van der Waals surface area contributed by atoms with Crippen LogP contribution < -0.4 is 10.1 Å². The van der Waals surface area contributed by atoms with Crippen molar-refractivity contribution in [3.8, 4) is 5.75 Å². The van der Waals surface area contributed by atoms with E-state index in [0.29, 0.717) is 12.1 Å². The SMILES string of the molecule is O=C(Nc1ccc(OC(F)(F)F)cc1)C1CC1c1ccc(F)cc1. The molecule has 0 spiro atoms. The van der Waals surface area contributed by atoms with Crippen molar-refractivity contribution in [1.82, 2.24) is 0 Å². The van der Waals surface area contributed by atoms with Crippen LogP contribution in [0.1, 0.15) is 17.9 Å². The van der Waals surface area contributed by atoms with Crippen LogP contribution in [0.4, 0.5) is 23.2 Å². The molecule has 0 aromatic heterocycles. The second-order valence-electron chi connectivity index (χ2n) is 5.56. The molecular weight excluding hydrogens is 326 g/mol. The molecule has 1 aliphatic rings. The predicted molar refractivity (Wildman–Crippen MR) is 79.0 cm³/mol. The second kappa shape index (κ2) is 6.14. The van der Waals surface area contributed by atoms with Gasteiger partial charge < -0.3 is 10.1 Å². The van der Waals surface area contributed by atoms with E-state index in [-0.39, 0.29) is 29.3 Å². The van der Waals surface area contributed by atoms with Crippen molar-refractivity contribution in [1.29, 1.82) is 0 Å². The van der Waals surface area contributed by atoms with Gasteiger partial charge in [-0.3, -0.25) is 4.79 Å². The number of ether oxygens (including phenoxy) is 1. The van der Waals surface area contributed by atoms with Gasteiger partial charge in [0.15, 0.2) is 0 Å². The molecule has 1 amide bonds. The Morgan fingerprint density at radius 2 is 1.67 bits per heavy atom. The first-order valence-electron chi connectivity index (χ1n) is 7.24. The van der Waals surface area contributed by atoms with Crippen LogP contribution in [0.25, 0.3) is 0 Å². The highest BCUT2D eigenvalue weighted by molar-refractivity contribution is 5.95. The van der Waals surface area contributed by atoms with Crippen LogP contribution in [-0.4, -0.2) is 12.3 Å². The minimum absolute atomic E-state index is 0.0402. The van der Waals surface area contributed by atoms with Crippen molar-refractivity contribution in [3.63, 3.8) is 0 Å². The first-order valence-corrected chi connectivity index (χ1v) is 7.24. The van der Waals surface area contributed by atoms with E-state index in [9.17, 15) is 22.4 Å². The van der Waals surface area contributed by atoms with Gasteiger partial charge in [0, 0.05) is 11.6 Å². The van der Waals surface area contributed by atoms with Gasteiger partial charge in [-0.15, -0.1) is 13.2 Å². The zero-order chi connectivity index (χ0) is 17.3. The molecule has 1 fully saturated rings. The summed E-state index contributed by atoms with van der Waals surface area (Å²) >= 11 is 0. The highest BCUT2D eigenvalue weighted by Crippen LogP contribution is 2.48. The lowest BCUT2D eigenvalue weighted by molar-refractivity contribution is -0.274. The van der Waals surface area contributed by atoms with E-state index in [1.165, 1.54) is 24.3 Å². The third-order valence-electron chi connectivity index (χ3n) is 3.78. The quantitative estimate of drug-likeness (QED) is 0.835. The van der Waals surface area contributed by atoms with Crippen molar-refractivity contribution >= 4 is 11.6 Å². The Kier molecular flexibility index (Phi) is 4.17. The van der Waals surface area contributed by atoms with Crippen molar-refractivity contribution < 1.29 is 27.1 Å². The third-order valence-corrected chi connectivity index (χ3v) is 3.78. The van der Waals surface area contributed by atoms with Gasteiger partial charge >= 0.3 is 6.36 Å². The molecule has 0 aliphatic heterocycles. The van der Waals surface area contributed by atoms with Gasteiger partial charge in [0.05, 0.1) is 0 Å². The first-order chi connectivity index (χ1) is 11.3. The number of benzene rings is 2. The van der Waals surface area contributed by atoms with Crippen LogP contribution in [0.15, 0.2) is 48.5 Å². The third kappa shape index (κ3) is 4.04. The molecule has 1 saturated carbocycles. The number of anilines is 1. The van der Waals surface area contributed by atoms with Crippen molar-refractivity contribution in [2.24, 2.45) is 5.92 Å². The first kappa shape index (κ1) is 16.3. The minimum atomic E-state index is -4.75. The van der Waals surface area contributed by atoms with Crippen LogP contribution in [0.2, 0.25) is 0 Å². The molecule has 3 rings (SSSR count). The van der Waals surface area contributed by atoms with Gasteiger partial charge in [0.1, 0.15) is 11.6 Å². The molecule has 1 N–H and O–H groups in total. The Balaban J connectivity index is 1.57. The number of carbonyl (C=O) groups is 1. The lowest BCUT2D eigenvalue weighted by atomic mass is 10.1.